The van der Waals surface area contributed by atoms with Crippen LogP contribution in [-0.2, 0) is 32.3 Å². The maximum Gasteiger partial charge on any atom is 0.338 e. The number of methoxy groups -OCH3 is 2. The third kappa shape index (κ3) is 6.10. The van der Waals surface area contributed by atoms with Crippen LogP contribution in [0.3, 0.4) is 0 Å². The highest BCUT2D eigenvalue weighted by atomic mass is 19.1. The van der Waals surface area contributed by atoms with Crippen molar-refractivity contribution >= 4 is 11.9 Å². The Kier molecular flexibility index (Phi) is 8.24. The minimum atomic E-state index is -0.721. The number of hydrogen-bond acceptors (Lipinski definition) is 6. The summed E-state index contributed by atoms with van der Waals surface area (Å²) in [4.78, 5) is 23.7. The Hall–Kier alpha value is -3.29. The molecule has 2 aromatic carbocycles. The van der Waals surface area contributed by atoms with Crippen LogP contribution >= 0.6 is 0 Å². The highest BCUT2D eigenvalue weighted by Gasteiger charge is 2.18. The second-order valence-electron chi connectivity index (χ2n) is 6.97. The molecule has 0 amide bonds. The number of hydrogen-bond donors (Lipinski definition) is 0. The van der Waals surface area contributed by atoms with Gasteiger partial charge in [-0.3, -0.25) is 0 Å². The van der Waals surface area contributed by atoms with Gasteiger partial charge in [-0.2, -0.15) is 0 Å². The SMILES string of the molecule is C=C(C)C(=O)Oc1cc(COC)c(-c2ccc(OC(=O)C(=C)C)c(COC)c2)cc1F. The van der Waals surface area contributed by atoms with Crippen LogP contribution in [0, 0.1) is 5.82 Å². The van der Waals surface area contributed by atoms with E-state index in [4.69, 9.17) is 18.9 Å². The van der Waals surface area contributed by atoms with Crippen LogP contribution < -0.4 is 9.47 Å². The van der Waals surface area contributed by atoms with Gasteiger partial charge >= 0.3 is 11.9 Å². The zero-order chi connectivity index (χ0) is 23.1. The molecule has 2 aromatic rings. The van der Waals surface area contributed by atoms with E-state index in [1.54, 1.807) is 25.1 Å². The number of ether oxygens (including phenoxy) is 4. The highest BCUT2D eigenvalue weighted by molar-refractivity contribution is 5.89. The fourth-order valence-corrected chi connectivity index (χ4v) is 2.71. The van der Waals surface area contributed by atoms with E-state index in [1.807, 2.05) is 0 Å². The normalized spacial score (nSPS) is 10.5. The lowest BCUT2D eigenvalue weighted by Gasteiger charge is -2.16. The molecule has 0 N–H and O–H groups in total. The summed E-state index contributed by atoms with van der Waals surface area (Å²) in [5.74, 6) is -1.89. The predicted molar refractivity (Wildman–Crippen MR) is 114 cm³/mol. The number of carbonyl (C=O) groups excluding carboxylic acids is 2. The molecule has 164 valence electrons. The first kappa shape index (κ1) is 24.0. The Bertz CT molecular complexity index is 1020. The lowest BCUT2D eigenvalue weighted by Crippen LogP contribution is -2.11. The van der Waals surface area contributed by atoms with Crippen LogP contribution in [-0.4, -0.2) is 26.2 Å². The second kappa shape index (κ2) is 10.7. The van der Waals surface area contributed by atoms with E-state index >= 15 is 0 Å². The molecular formula is C24H25FO6. The zero-order valence-corrected chi connectivity index (χ0v) is 18.0. The molecule has 31 heavy (non-hydrogen) atoms. The average molecular weight is 428 g/mol. The average Bonchev–Trinajstić information content (AvgIpc) is 2.71. The molecule has 0 heterocycles. The van der Waals surface area contributed by atoms with Crippen molar-refractivity contribution in [2.75, 3.05) is 14.2 Å². The van der Waals surface area contributed by atoms with Gasteiger partial charge in [0.05, 0.1) is 13.2 Å². The molecule has 0 bridgehead atoms. The fourth-order valence-electron chi connectivity index (χ4n) is 2.71. The van der Waals surface area contributed by atoms with Crippen LogP contribution in [0.1, 0.15) is 25.0 Å². The van der Waals surface area contributed by atoms with E-state index in [0.717, 1.165) is 0 Å². The van der Waals surface area contributed by atoms with Gasteiger partial charge in [0.15, 0.2) is 11.6 Å². The van der Waals surface area contributed by atoms with Crippen LogP contribution in [0.25, 0.3) is 11.1 Å². The van der Waals surface area contributed by atoms with Gasteiger partial charge < -0.3 is 18.9 Å². The first-order valence-electron chi connectivity index (χ1n) is 9.36. The van der Waals surface area contributed by atoms with Gasteiger partial charge in [0.1, 0.15) is 5.75 Å². The van der Waals surface area contributed by atoms with E-state index < -0.39 is 17.8 Å². The van der Waals surface area contributed by atoms with E-state index in [0.29, 0.717) is 28.0 Å². The summed E-state index contributed by atoms with van der Waals surface area (Å²) < 4.78 is 35.6. The van der Waals surface area contributed by atoms with Crippen LogP contribution in [0.2, 0.25) is 0 Å². The first-order chi connectivity index (χ1) is 14.7. The molecular weight excluding hydrogens is 403 g/mol. The molecule has 0 aliphatic heterocycles. The van der Waals surface area contributed by atoms with Crippen LogP contribution in [0.15, 0.2) is 54.6 Å². The summed E-state index contributed by atoms with van der Waals surface area (Å²) in [5.41, 5.74) is 2.78. The Morgan fingerprint density at radius 2 is 1.39 bits per heavy atom. The summed E-state index contributed by atoms with van der Waals surface area (Å²) in [6, 6.07) is 7.71. The molecule has 7 heteroatoms. The third-order valence-electron chi connectivity index (χ3n) is 4.23. The number of rotatable bonds is 9. The van der Waals surface area contributed by atoms with Crippen molar-refractivity contribution in [1.82, 2.24) is 0 Å². The fraction of sp³-hybridized carbons (Fsp3) is 0.250. The van der Waals surface area contributed by atoms with Crippen molar-refractivity contribution in [3.05, 3.63) is 71.6 Å². The monoisotopic (exact) mass is 428 g/mol. The summed E-state index contributed by atoms with van der Waals surface area (Å²) in [5, 5.41) is 0. The van der Waals surface area contributed by atoms with Crippen molar-refractivity contribution in [1.29, 1.82) is 0 Å². The van der Waals surface area contributed by atoms with E-state index in [1.165, 1.54) is 33.3 Å². The number of esters is 2. The molecule has 6 nitrogen and oxygen atoms in total. The molecule has 0 aromatic heterocycles. The Balaban J connectivity index is 2.52. The van der Waals surface area contributed by atoms with Crippen molar-refractivity contribution in [3.8, 4) is 22.6 Å². The molecule has 0 spiro atoms. The van der Waals surface area contributed by atoms with Crippen molar-refractivity contribution in [2.45, 2.75) is 27.1 Å². The number of benzene rings is 2. The predicted octanol–water partition coefficient (Wildman–Crippen LogP) is 4.75. The molecule has 2 rings (SSSR count). The summed E-state index contributed by atoms with van der Waals surface area (Å²) in [7, 11) is 3.01. The van der Waals surface area contributed by atoms with Crippen LogP contribution in [0.5, 0.6) is 11.5 Å². The van der Waals surface area contributed by atoms with Crippen molar-refractivity contribution in [3.63, 3.8) is 0 Å². The Morgan fingerprint density at radius 3 is 1.94 bits per heavy atom. The quantitative estimate of drug-likeness (QED) is 0.326. The molecule has 0 aliphatic rings. The highest BCUT2D eigenvalue weighted by Crippen LogP contribution is 2.34. The molecule has 0 unspecified atom stereocenters. The number of carbonyl (C=O) groups is 2. The molecule has 0 saturated heterocycles. The van der Waals surface area contributed by atoms with Gasteiger partial charge in [-0.1, -0.05) is 19.2 Å². The van der Waals surface area contributed by atoms with Gasteiger partial charge in [-0.05, 0) is 54.8 Å². The summed E-state index contributed by atoms with van der Waals surface area (Å²) in [6.07, 6.45) is 0. The smallest absolute Gasteiger partial charge is 0.338 e. The maximum absolute atomic E-state index is 14.7. The van der Waals surface area contributed by atoms with E-state index in [-0.39, 0.29) is 30.1 Å². The lowest BCUT2D eigenvalue weighted by atomic mass is 9.97. The lowest BCUT2D eigenvalue weighted by molar-refractivity contribution is -0.131. The first-order valence-corrected chi connectivity index (χ1v) is 9.36. The molecule has 0 saturated carbocycles. The zero-order valence-electron chi connectivity index (χ0n) is 18.0. The number of halogens is 1. The van der Waals surface area contributed by atoms with Gasteiger partial charge in [0.2, 0.25) is 0 Å². The topological polar surface area (TPSA) is 71.1 Å². The molecule has 0 fully saturated rings. The summed E-state index contributed by atoms with van der Waals surface area (Å²) >= 11 is 0. The minimum Gasteiger partial charge on any atom is -0.423 e. The summed E-state index contributed by atoms with van der Waals surface area (Å²) in [6.45, 7) is 10.4. The maximum atomic E-state index is 14.7. The molecule has 0 atom stereocenters. The van der Waals surface area contributed by atoms with E-state index in [9.17, 15) is 14.0 Å². The Morgan fingerprint density at radius 1 is 0.839 bits per heavy atom. The molecule has 0 aliphatic carbocycles. The van der Waals surface area contributed by atoms with Crippen LogP contribution in [0.4, 0.5) is 4.39 Å². The standard InChI is InChI=1S/C24H25FO6/c1-14(2)23(26)30-21-8-7-16(9-18(21)13-29-6)19-11-20(25)22(10-17(19)12-28-5)31-24(27)15(3)4/h7-11H,1,3,12-13H2,2,4-6H3. The molecule has 0 radical (unpaired) electrons. The second-order valence-corrected chi connectivity index (χ2v) is 6.97. The van der Waals surface area contributed by atoms with Gasteiger partial charge in [-0.25, -0.2) is 14.0 Å². The van der Waals surface area contributed by atoms with E-state index in [2.05, 4.69) is 13.2 Å². The van der Waals surface area contributed by atoms with Gasteiger partial charge in [0, 0.05) is 30.9 Å². The Labute approximate surface area is 180 Å². The third-order valence-corrected chi connectivity index (χ3v) is 4.23. The van der Waals surface area contributed by atoms with Crippen molar-refractivity contribution < 1.29 is 32.9 Å². The van der Waals surface area contributed by atoms with Crippen molar-refractivity contribution in [2.24, 2.45) is 0 Å². The van der Waals surface area contributed by atoms with Gasteiger partial charge in [0.25, 0.3) is 0 Å². The minimum absolute atomic E-state index is 0.152. The largest absolute Gasteiger partial charge is 0.423 e. The van der Waals surface area contributed by atoms with Gasteiger partial charge in [-0.15, -0.1) is 0 Å².